The Kier molecular flexibility index (Phi) is 5.25. The molecule has 118 valence electrons. The number of nitro benzene ring substituents is 1. The van der Waals surface area contributed by atoms with Gasteiger partial charge in [-0.25, -0.2) is 21.6 Å². The summed E-state index contributed by atoms with van der Waals surface area (Å²) in [4.78, 5) is 9.66. The molecule has 9 nitrogen and oxygen atoms in total. The fourth-order valence-electron chi connectivity index (χ4n) is 1.49. The van der Waals surface area contributed by atoms with Crippen LogP contribution in [0.2, 0.25) is 0 Å². The molecule has 0 bridgehead atoms. The van der Waals surface area contributed by atoms with E-state index in [0.717, 1.165) is 24.5 Å². The fourth-order valence-corrected chi connectivity index (χ4v) is 3.27. The summed E-state index contributed by atoms with van der Waals surface area (Å²) in [6.45, 7) is -0.0632. The molecule has 0 saturated heterocycles. The largest absolute Gasteiger partial charge is 0.393 e. The summed E-state index contributed by atoms with van der Waals surface area (Å²) in [5.41, 5.74) is 4.77. The van der Waals surface area contributed by atoms with Gasteiger partial charge in [0.15, 0.2) is 0 Å². The summed E-state index contributed by atoms with van der Waals surface area (Å²) < 4.78 is 47.8. The molecule has 21 heavy (non-hydrogen) atoms. The van der Waals surface area contributed by atoms with E-state index in [9.17, 15) is 26.9 Å². The van der Waals surface area contributed by atoms with Crippen molar-refractivity contribution in [2.24, 2.45) is 0 Å². The maximum absolute atomic E-state index is 11.9. The monoisotopic (exact) mass is 337 g/mol. The highest BCUT2D eigenvalue weighted by atomic mass is 32.2. The lowest BCUT2D eigenvalue weighted by Crippen LogP contribution is -2.26. The number of hydrogen-bond acceptors (Lipinski definition) is 7. The van der Waals surface area contributed by atoms with Gasteiger partial charge in [-0.15, -0.1) is 0 Å². The van der Waals surface area contributed by atoms with E-state index in [1.807, 2.05) is 0 Å². The van der Waals surface area contributed by atoms with E-state index in [4.69, 9.17) is 5.73 Å². The molecule has 0 aliphatic rings. The number of sulfone groups is 1. The molecule has 0 aliphatic carbocycles. The Morgan fingerprint density at radius 2 is 1.90 bits per heavy atom. The molecule has 1 aromatic carbocycles. The first kappa shape index (κ1) is 17.3. The zero-order valence-corrected chi connectivity index (χ0v) is 12.8. The third kappa shape index (κ3) is 5.28. The van der Waals surface area contributed by atoms with Crippen LogP contribution in [-0.4, -0.2) is 40.3 Å². The number of nitrogens with two attached hydrogens (primary N) is 1. The van der Waals surface area contributed by atoms with Crippen LogP contribution in [0.25, 0.3) is 0 Å². The number of anilines is 1. The highest BCUT2D eigenvalue weighted by molar-refractivity contribution is 7.90. The maximum Gasteiger partial charge on any atom is 0.292 e. The maximum atomic E-state index is 11.9. The Bertz CT molecular complexity index is 742. The minimum absolute atomic E-state index is 0.0632. The lowest BCUT2D eigenvalue weighted by Gasteiger charge is -2.07. The Labute approximate surface area is 122 Å². The van der Waals surface area contributed by atoms with E-state index in [-0.39, 0.29) is 35.0 Å². The first-order valence-corrected chi connectivity index (χ1v) is 9.28. The van der Waals surface area contributed by atoms with Crippen molar-refractivity contribution in [1.29, 1.82) is 0 Å². The summed E-state index contributed by atoms with van der Waals surface area (Å²) in [5.74, 6) is -0.141. The Morgan fingerprint density at radius 1 is 1.29 bits per heavy atom. The Morgan fingerprint density at radius 3 is 2.38 bits per heavy atom. The highest BCUT2D eigenvalue weighted by Gasteiger charge is 2.18. The highest BCUT2D eigenvalue weighted by Crippen LogP contribution is 2.24. The van der Waals surface area contributed by atoms with E-state index in [0.29, 0.717) is 0 Å². The van der Waals surface area contributed by atoms with Crippen molar-refractivity contribution >= 4 is 31.2 Å². The molecule has 0 fully saturated rings. The van der Waals surface area contributed by atoms with Gasteiger partial charge in [-0.3, -0.25) is 10.1 Å². The van der Waals surface area contributed by atoms with Crippen LogP contribution >= 0.6 is 0 Å². The van der Waals surface area contributed by atoms with Crippen LogP contribution in [0.5, 0.6) is 0 Å². The van der Waals surface area contributed by atoms with Crippen LogP contribution in [0.1, 0.15) is 6.42 Å². The van der Waals surface area contributed by atoms with Crippen LogP contribution < -0.4 is 10.5 Å². The van der Waals surface area contributed by atoms with E-state index >= 15 is 0 Å². The number of benzene rings is 1. The lowest BCUT2D eigenvalue weighted by molar-refractivity contribution is -0.383. The van der Waals surface area contributed by atoms with Crippen LogP contribution in [0, 0.1) is 10.1 Å². The molecule has 0 atom stereocenters. The minimum Gasteiger partial charge on any atom is -0.393 e. The normalized spacial score (nSPS) is 12.2. The molecule has 0 spiro atoms. The lowest BCUT2D eigenvalue weighted by atomic mass is 10.3. The Hall–Kier alpha value is -1.72. The van der Waals surface area contributed by atoms with Crippen LogP contribution in [-0.2, 0) is 19.9 Å². The molecule has 0 aromatic heterocycles. The van der Waals surface area contributed by atoms with E-state index < -0.39 is 24.8 Å². The first-order valence-electron chi connectivity index (χ1n) is 5.74. The number of nitrogens with zero attached hydrogens (tertiary/aromatic N) is 1. The van der Waals surface area contributed by atoms with Gasteiger partial charge >= 0.3 is 0 Å². The summed E-state index contributed by atoms with van der Waals surface area (Å²) in [5, 5.41) is 10.6. The molecule has 0 amide bonds. The second-order valence-electron chi connectivity index (χ2n) is 4.36. The van der Waals surface area contributed by atoms with Gasteiger partial charge in [0.25, 0.3) is 5.69 Å². The smallest absolute Gasteiger partial charge is 0.292 e. The fraction of sp³-hybridized carbons (Fsp3) is 0.400. The van der Waals surface area contributed by atoms with Crippen molar-refractivity contribution in [1.82, 2.24) is 4.72 Å². The Balaban J connectivity index is 2.79. The van der Waals surface area contributed by atoms with E-state index in [1.54, 1.807) is 0 Å². The summed E-state index contributed by atoms with van der Waals surface area (Å²) in [6.07, 6.45) is 1.18. The van der Waals surface area contributed by atoms with Crippen molar-refractivity contribution in [2.45, 2.75) is 11.3 Å². The second kappa shape index (κ2) is 6.37. The third-order valence-electron chi connectivity index (χ3n) is 2.49. The van der Waals surface area contributed by atoms with Crippen molar-refractivity contribution in [2.75, 3.05) is 24.3 Å². The number of rotatable bonds is 7. The molecular weight excluding hydrogens is 322 g/mol. The predicted molar refractivity (Wildman–Crippen MR) is 77.0 cm³/mol. The number of nitrogen functional groups attached to an aromatic ring is 1. The molecule has 11 heteroatoms. The van der Waals surface area contributed by atoms with Gasteiger partial charge in [0.2, 0.25) is 10.0 Å². The topological polar surface area (TPSA) is 149 Å². The summed E-state index contributed by atoms with van der Waals surface area (Å²) in [7, 11) is -7.05. The van der Waals surface area contributed by atoms with Gasteiger partial charge in [-0.05, 0) is 18.6 Å². The third-order valence-corrected chi connectivity index (χ3v) is 4.98. The molecule has 0 heterocycles. The predicted octanol–water partition coefficient (Wildman–Crippen LogP) is -0.110. The first-order chi connectivity index (χ1) is 9.53. The van der Waals surface area contributed by atoms with Gasteiger partial charge in [0, 0.05) is 18.9 Å². The van der Waals surface area contributed by atoms with Crippen LogP contribution in [0.4, 0.5) is 11.4 Å². The summed E-state index contributed by atoms with van der Waals surface area (Å²) in [6, 6.07) is 3.05. The van der Waals surface area contributed by atoms with Gasteiger partial charge in [0.05, 0.1) is 15.6 Å². The van der Waals surface area contributed by atoms with Crippen molar-refractivity contribution in [3.05, 3.63) is 28.3 Å². The molecule has 0 unspecified atom stereocenters. The SMILES string of the molecule is CS(=O)(=O)CCCNS(=O)(=O)c1ccc([N+](=O)[O-])c(N)c1. The number of nitrogens with one attached hydrogen (secondary N) is 1. The molecule has 0 saturated carbocycles. The van der Waals surface area contributed by atoms with Gasteiger partial charge in [-0.2, -0.15) is 0 Å². The zero-order chi connectivity index (χ0) is 16.3. The van der Waals surface area contributed by atoms with Gasteiger partial charge in [0.1, 0.15) is 15.5 Å². The minimum atomic E-state index is -3.89. The molecule has 3 N–H and O–H groups in total. The second-order valence-corrected chi connectivity index (χ2v) is 8.39. The van der Waals surface area contributed by atoms with E-state index in [2.05, 4.69) is 4.72 Å². The zero-order valence-electron chi connectivity index (χ0n) is 11.1. The van der Waals surface area contributed by atoms with Crippen molar-refractivity contribution < 1.29 is 21.8 Å². The number of hydrogen-bond donors (Lipinski definition) is 2. The molecular formula is C10H15N3O6S2. The van der Waals surface area contributed by atoms with Gasteiger partial charge in [-0.1, -0.05) is 0 Å². The van der Waals surface area contributed by atoms with Crippen molar-refractivity contribution in [3.8, 4) is 0 Å². The molecule has 1 aromatic rings. The summed E-state index contributed by atoms with van der Waals surface area (Å²) >= 11 is 0. The van der Waals surface area contributed by atoms with E-state index in [1.165, 1.54) is 0 Å². The van der Waals surface area contributed by atoms with Crippen molar-refractivity contribution in [3.63, 3.8) is 0 Å². The number of nitro groups is 1. The molecule has 0 aliphatic heterocycles. The van der Waals surface area contributed by atoms with Crippen LogP contribution in [0.15, 0.2) is 23.1 Å². The molecule has 0 radical (unpaired) electrons. The van der Waals surface area contributed by atoms with Crippen LogP contribution in [0.3, 0.4) is 0 Å². The number of sulfonamides is 1. The van der Waals surface area contributed by atoms with Gasteiger partial charge < -0.3 is 5.73 Å². The average molecular weight is 337 g/mol. The average Bonchev–Trinajstić information content (AvgIpc) is 2.33. The standard InChI is InChI=1S/C10H15N3O6S2/c1-20(16,17)6-2-5-12-21(18,19)8-3-4-10(13(14)15)9(11)7-8/h3-4,7,12H,2,5-6,11H2,1H3. The molecule has 1 rings (SSSR count). The quantitative estimate of drug-likeness (QED) is 0.305.